The number of carbonyl (C=O) groups excluding carboxylic acids is 2. The lowest BCUT2D eigenvalue weighted by atomic mass is 10.1. The number of ketones is 1. The molecule has 3 aromatic carbocycles. The quantitative estimate of drug-likeness (QED) is 0.235. The molecule has 4 aromatic rings. The van der Waals surface area contributed by atoms with Crippen LogP contribution in [-0.2, 0) is 20.7 Å². The van der Waals surface area contributed by atoms with Gasteiger partial charge in [0.1, 0.15) is 23.7 Å². The van der Waals surface area contributed by atoms with Crippen LogP contribution in [0.4, 0.5) is 20.5 Å². The Balaban J connectivity index is 1.14. The van der Waals surface area contributed by atoms with Crippen molar-refractivity contribution in [2.45, 2.75) is 32.2 Å². The van der Waals surface area contributed by atoms with Gasteiger partial charge in [-0.15, -0.1) is 5.06 Å². The van der Waals surface area contributed by atoms with E-state index in [1.807, 2.05) is 0 Å². The van der Waals surface area contributed by atoms with Gasteiger partial charge in [-0.2, -0.15) is 4.98 Å². The summed E-state index contributed by atoms with van der Waals surface area (Å²) in [5, 5.41) is 4.67. The molecule has 1 aromatic heterocycles. The molecule has 0 unspecified atom stereocenters. The van der Waals surface area contributed by atoms with Crippen molar-refractivity contribution in [3.63, 3.8) is 0 Å². The standard InChI is InChI=1S/C30H29F2N3O6/c1-18-5-9-21(31)15-26(18)34-30-33-25-12-8-20(27(32)28(25)40-30)14-23(36)17-39-16-22-4-3-13-35(22)41-24-10-6-19(7-11-24)29(37)38-2/h5-12,15,22H,3-4,13-14,16-17H2,1-2H3,(H,33,34)/t22-/m0/s1. The second-order valence-corrected chi connectivity index (χ2v) is 9.76. The van der Waals surface area contributed by atoms with Crippen LogP contribution in [-0.4, -0.2) is 54.7 Å². The maximum absolute atomic E-state index is 15.2. The van der Waals surface area contributed by atoms with Crippen LogP contribution in [0.2, 0.25) is 0 Å². The normalized spacial score (nSPS) is 15.3. The highest BCUT2D eigenvalue weighted by Gasteiger charge is 2.27. The summed E-state index contributed by atoms with van der Waals surface area (Å²) in [5.74, 6) is -1.25. The predicted molar refractivity (Wildman–Crippen MR) is 146 cm³/mol. The zero-order valence-electron chi connectivity index (χ0n) is 22.6. The van der Waals surface area contributed by atoms with Gasteiger partial charge in [0.15, 0.2) is 17.2 Å². The smallest absolute Gasteiger partial charge is 0.337 e. The fraction of sp³-hybridized carbons (Fsp3) is 0.300. The molecule has 1 fully saturated rings. The van der Waals surface area contributed by atoms with Gasteiger partial charge in [-0.1, -0.05) is 12.1 Å². The molecule has 1 saturated heterocycles. The van der Waals surface area contributed by atoms with Gasteiger partial charge in [-0.3, -0.25) is 4.79 Å². The molecule has 1 aliphatic heterocycles. The third-order valence-corrected chi connectivity index (χ3v) is 6.80. The van der Waals surface area contributed by atoms with Gasteiger partial charge in [0.2, 0.25) is 0 Å². The van der Waals surface area contributed by atoms with E-state index in [4.69, 9.17) is 18.7 Å². The maximum atomic E-state index is 15.2. The summed E-state index contributed by atoms with van der Waals surface area (Å²) in [6.07, 6.45) is 1.56. The van der Waals surface area contributed by atoms with Crippen molar-refractivity contribution in [3.8, 4) is 5.75 Å². The van der Waals surface area contributed by atoms with Crippen molar-refractivity contribution in [1.82, 2.24) is 10.0 Å². The molecule has 41 heavy (non-hydrogen) atoms. The van der Waals surface area contributed by atoms with Crippen LogP contribution in [0.15, 0.2) is 59.0 Å². The fourth-order valence-electron chi connectivity index (χ4n) is 4.61. The molecule has 0 aliphatic carbocycles. The molecule has 5 rings (SSSR count). The highest BCUT2D eigenvalue weighted by molar-refractivity contribution is 5.89. The topological polar surface area (TPSA) is 103 Å². The number of hydrogen-bond acceptors (Lipinski definition) is 9. The minimum atomic E-state index is -0.680. The number of oxazole rings is 1. The number of methoxy groups -OCH3 is 1. The van der Waals surface area contributed by atoms with E-state index in [0.717, 1.165) is 18.4 Å². The van der Waals surface area contributed by atoms with E-state index < -0.39 is 17.6 Å². The van der Waals surface area contributed by atoms with E-state index in [9.17, 15) is 14.0 Å². The van der Waals surface area contributed by atoms with Gasteiger partial charge in [-0.05, 0) is 73.4 Å². The molecule has 0 spiro atoms. The molecular formula is C30H29F2N3O6. The molecule has 1 atom stereocenters. The van der Waals surface area contributed by atoms with E-state index in [-0.39, 0.29) is 54.1 Å². The molecule has 0 amide bonds. The summed E-state index contributed by atoms with van der Waals surface area (Å²) < 4.78 is 44.7. The lowest BCUT2D eigenvalue weighted by Crippen LogP contribution is -2.36. The number of aryl methyl sites for hydroxylation is 1. The number of ether oxygens (including phenoxy) is 2. The Bertz CT molecular complexity index is 1560. The lowest BCUT2D eigenvalue weighted by Gasteiger charge is -2.24. The van der Waals surface area contributed by atoms with Gasteiger partial charge >= 0.3 is 5.97 Å². The summed E-state index contributed by atoms with van der Waals surface area (Å²) in [6.45, 7) is 2.57. The highest BCUT2D eigenvalue weighted by Crippen LogP contribution is 2.28. The first-order valence-electron chi connectivity index (χ1n) is 13.1. The van der Waals surface area contributed by atoms with Crippen molar-refractivity contribution in [1.29, 1.82) is 0 Å². The van der Waals surface area contributed by atoms with Crippen LogP contribution in [0, 0.1) is 18.6 Å². The molecule has 0 bridgehead atoms. The predicted octanol–water partition coefficient (Wildman–Crippen LogP) is 5.53. The fourth-order valence-corrected chi connectivity index (χ4v) is 4.61. The Morgan fingerprint density at radius 3 is 2.71 bits per heavy atom. The van der Waals surface area contributed by atoms with Crippen molar-refractivity contribution in [2.24, 2.45) is 0 Å². The number of rotatable bonds is 11. The van der Waals surface area contributed by atoms with Gasteiger partial charge in [0, 0.05) is 18.7 Å². The number of esters is 1. The lowest BCUT2D eigenvalue weighted by molar-refractivity contribution is -0.126. The van der Waals surface area contributed by atoms with Crippen LogP contribution in [0.25, 0.3) is 11.1 Å². The van der Waals surface area contributed by atoms with Crippen LogP contribution in [0.1, 0.15) is 34.3 Å². The van der Waals surface area contributed by atoms with Gasteiger partial charge in [0.05, 0.1) is 25.3 Å². The van der Waals surface area contributed by atoms with E-state index >= 15 is 4.39 Å². The number of Topliss-reactive ketones (excluding diaryl/α,β-unsaturated/α-hetero) is 1. The Labute approximate surface area is 235 Å². The average molecular weight is 566 g/mol. The second kappa shape index (κ2) is 12.4. The van der Waals surface area contributed by atoms with Crippen LogP contribution in [0.5, 0.6) is 5.75 Å². The molecule has 0 radical (unpaired) electrons. The summed E-state index contributed by atoms with van der Waals surface area (Å²) in [4.78, 5) is 34.4. The Kier molecular flexibility index (Phi) is 8.55. The zero-order chi connectivity index (χ0) is 28.9. The average Bonchev–Trinajstić information content (AvgIpc) is 3.59. The first kappa shape index (κ1) is 28.2. The molecule has 0 saturated carbocycles. The molecule has 11 heteroatoms. The number of benzene rings is 3. The van der Waals surface area contributed by atoms with Gasteiger partial charge in [0.25, 0.3) is 6.01 Å². The van der Waals surface area contributed by atoms with Crippen LogP contribution in [0.3, 0.4) is 0 Å². The number of anilines is 2. The number of fused-ring (bicyclic) bond motifs is 1. The number of hydrogen-bond donors (Lipinski definition) is 1. The van der Waals surface area contributed by atoms with E-state index in [1.54, 1.807) is 48.4 Å². The first-order chi connectivity index (χ1) is 19.8. The molecule has 1 N–H and O–H groups in total. The molecular weight excluding hydrogens is 536 g/mol. The Morgan fingerprint density at radius 2 is 1.93 bits per heavy atom. The molecule has 2 heterocycles. The summed E-state index contributed by atoms with van der Waals surface area (Å²) in [7, 11) is 1.32. The molecule has 9 nitrogen and oxygen atoms in total. The van der Waals surface area contributed by atoms with Gasteiger partial charge in [-0.25, -0.2) is 13.6 Å². The van der Waals surface area contributed by atoms with E-state index in [0.29, 0.717) is 23.5 Å². The zero-order valence-corrected chi connectivity index (χ0v) is 22.6. The first-order valence-corrected chi connectivity index (χ1v) is 13.1. The monoisotopic (exact) mass is 565 g/mol. The molecule has 1 aliphatic rings. The highest BCUT2D eigenvalue weighted by atomic mass is 19.1. The largest absolute Gasteiger partial charge is 0.465 e. The number of aromatic nitrogens is 1. The SMILES string of the molecule is COC(=O)c1ccc(ON2CCC[C@H]2COCC(=O)Cc2ccc3nc(Nc4cc(F)ccc4C)oc3c2F)cc1. The summed E-state index contributed by atoms with van der Waals surface area (Å²) in [5.41, 5.74) is 1.99. The third-order valence-electron chi connectivity index (χ3n) is 6.80. The minimum Gasteiger partial charge on any atom is -0.465 e. The summed E-state index contributed by atoms with van der Waals surface area (Å²) in [6, 6.07) is 13.9. The Morgan fingerprint density at radius 1 is 1.12 bits per heavy atom. The number of nitrogens with one attached hydrogen (secondary N) is 1. The maximum Gasteiger partial charge on any atom is 0.337 e. The number of carbonyl (C=O) groups is 2. The molecule has 214 valence electrons. The number of hydroxylamine groups is 2. The van der Waals surface area contributed by atoms with Gasteiger partial charge < -0.3 is 24.0 Å². The van der Waals surface area contributed by atoms with Crippen molar-refractivity contribution in [3.05, 3.63) is 82.9 Å². The van der Waals surface area contributed by atoms with Crippen LogP contribution >= 0.6 is 0 Å². The number of nitrogens with zero attached hydrogens (tertiary/aromatic N) is 2. The second-order valence-electron chi connectivity index (χ2n) is 9.76. The summed E-state index contributed by atoms with van der Waals surface area (Å²) >= 11 is 0. The van der Waals surface area contributed by atoms with E-state index in [2.05, 4.69) is 10.3 Å². The van der Waals surface area contributed by atoms with E-state index in [1.165, 1.54) is 25.3 Å². The van der Waals surface area contributed by atoms with Crippen molar-refractivity contribution < 1.29 is 37.1 Å². The van der Waals surface area contributed by atoms with Crippen LogP contribution < -0.4 is 10.2 Å². The van der Waals surface area contributed by atoms with Crippen molar-refractivity contribution >= 4 is 34.6 Å². The third kappa shape index (κ3) is 6.69. The Hall–Kier alpha value is -4.35. The minimum absolute atomic E-state index is 0.0159. The number of halogens is 2. The van der Waals surface area contributed by atoms with Crippen molar-refractivity contribution in [2.75, 3.05) is 32.2 Å².